The Labute approximate surface area is 90.8 Å². The van der Waals surface area contributed by atoms with Crippen molar-refractivity contribution in [1.29, 1.82) is 5.26 Å². The fraction of sp³-hybridized carbons (Fsp3) is 0. The molecule has 1 heterocycles. The van der Waals surface area contributed by atoms with Gasteiger partial charge in [-0.25, -0.2) is 4.39 Å². The van der Waals surface area contributed by atoms with E-state index in [4.69, 9.17) is 5.26 Å². The van der Waals surface area contributed by atoms with E-state index in [1.165, 1.54) is 30.3 Å². The van der Waals surface area contributed by atoms with Crippen LogP contribution >= 0.6 is 0 Å². The molecular weight excluding hydrogens is 207 g/mol. The van der Waals surface area contributed by atoms with Crippen molar-refractivity contribution in [1.82, 2.24) is 4.98 Å². The first kappa shape index (κ1) is 10.1. The molecule has 2 rings (SSSR count). The molecule has 16 heavy (non-hydrogen) atoms. The van der Waals surface area contributed by atoms with Crippen molar-refractivity contribution in [2.24, 2.45) is 0 Å². The molecule has 0 spiro atoms. The van der Waals surface area contributed by atoms with Gasteiger partial charge in [0.1, 0.15) is 11.9 Å². The van der Waals surface area contributed by atoms with E-state index < -0.39 is 5.82 Å². The molecule has 3 nitrogen and oxygen atoms in total. The van der Waals surface area contributed by atoms with Crippen LogP contribution in [-0.2, 0) is 0 Å². The van der Waals surface area contributed by atoms with E-state index in [-0.39, 0.29) is 5.56 Å². The van der Waals surface area contributed by atoms with Crippen LogP contribution in [0.2, 0.25) is 0 Å². The third kappa shape index (κ3) is 1.84. The third-order valence-electron chi connectivity index (χ3n) is 2.15. The summed E-state index contributed by atoms with van der Waals surface area (Å²) in [6.45, 7) is 0. The monoisotopic (exact) mass is 214 g/mol. The quantitative estimate of drug-likeness (QED) is 0.789. The Morgan fingerprint density at radius 3 is 2.75 bits per heavy atom. The first-order valence-corrected chi connectivity index (χ1v) is 4.60. The number of hydrogen-bond acceptors (Lipinski definition) is 2. The second-order valence-corrected chi connectivity index (χ2v) is 3.23. The Bertz CT molecular complexity index is 625. The lowest BCUT2D eigenvalue weighted by Gasteiger charge is -2.03. The van der Waals surface area contributed by atoms with Crippen LogP contribution in [0.15, 0.2) is 41.2 Å². The van der Waals surface area contributed by atoms with Gasteiger partial charge in [-0.15, -0.1) is 0 Å². The first-order valence-electron chi connectivity index (χ1n) is 4.60. The highest BCUT2D eigenvalue weighted by atomic mass is 19.1. The van der Waals surface area contributed by atoms with Crippen LogP contribution in [0.25, 0.3) is 11.3 Å². The molecule has 0 radical (unpaired) electrons. The zero-order valence-electron chi connectivity index (χ0n) is 8.20. The molecular formula is C12H7FN2O. The van der Waals surface area contributed by atoms with Gasteiger partial charge >= 0.3 is 0 Å². The highest BCUT2D eigenvalue weighted by Crippen LogP contribution is 2.19. The summed E-state index contributed by atoms with van der Waals surface area (Å²) < 4.78 is 13.0. The highest BCUT2D eigenvalue weighted by Gasteiger charge is 2.06. The smallest absolute Gasteiger partial charge is 0.248 e. The molecule has 0 aliphatic heterocycles. The van der Waals surface area contributed by atoms with Crippen LogP contribution in [0.1, 0.15) is 5.56 Å². The minimum atomic E-state index is -0.411. The molecule has 2 aromatic rings. The van der Waals surface area contributed by atoms with Gasteiger partial charge in [-0.05, 0) is 18.2 Å². The molecule has 0 aliphatic rings. The van der Waals surface area contributed by atoms with Crippen LogP contribution in [0, 0.1) is 17.1 Å². The molecule has 1 N–H and O–H groups in total. The summed E-state index contributed by atoms with van der Waals surface area (Å²) in [6.07, 6.45) is 0. The van der Waals surface area contributed by atoms with Crippen molar-refractivity contribution < 1.29 is 4.39 Å². The number of halogens is 1. The summed E-state index contributed by atoms with van der Waals surface area (Å²) in [4.78, 5) is 13.7. The molecule has 0 aliphatic carbocycles. The van der Waals surface area contributed by atoms with Gasteiger partial charge in [0.25, 0.3) is 0 Å². The van der Waals surface area contributed by atoms with Gasteiger partial charge in [0.2, 0.25) is 5.56 Å². The van der Waals surface area contributed by atoms with Crippen molar-refractivity contribution in [2.75, 3.05) is 0 Å². The van der Waals surface area contributed by atoms with Crippen molar-refractivity contribution >= 4 is 0 Å². The lowest BCUT2D eigenvalue weighted by molar-refractivity contribution is 0.628. The number of H-pyrrole nitrogens is 1. The van der Waals surface area contributed by atoms with Gasteiger partial charge in [-0.1, -0.05) is 12.1 Å². The van der Waals surface area contributed by atoms with Crippen LogP contribution in [0.3, 0.4) is 0 Å². The summed E-state index contributed by atoms with van der Waals surface area (Å²) in [5.74, 6) is -0.411. The number of benzene rings is 1. The van der Waals surface area contributed by atoms with Gasteiger partial charge in [-0.3, -0.25) is 4.79 Å². The number of nitriles is 1. The summed E-state index contributed by atoms with van der Waals surface area (Å²) in [5, 5.41) is 8.87. The number of aromatic nitrogens is 1. The normalized spacial score (nSPS) is 9.75. The Kier molecular flexibility index (Phi) is 2.52. The second-order valence-electron chi connectivity index (χ2n) is 3.23. The zero-order chi connectivity index (χ0) is 11.5. The Morgan fingerprint density at radius 2 is 2.06 bits per heavy atom. The average Bonchev–Trinajstić information content (AvgIpc) is 2.29. The summed E-state index contributed by atoms with van der Waals surface area (Å²) in [5.41, 5.74) is 0.812. The predicted octanol–water partition coefficient (Wildman–Crippen LogP) is 2.05. The molecule has 1 aromatic carbocycles. The Balaban J connectivity index is 2.68. The molecule has 0 fully saturated rings. The van der Waals surface area contributed by atoms with Gasteiger partial charge in [0.15, 0.2) is 0 Å². The van der Waals surface area contributed by atoms with E-state index in [2.05, 4.69) is 4.98 Å². The lowest BCUT2D eigenvalue weighted by atomic mass is 10.1. The van der Waals surface area contributed by atoms with Crippen molar-refractivity contribution in [2.45, 2.75) is 0 Å². The van der Waals surface area contributed by atoms with E-state index >= 15 is 0 Å². The minimum absolute atomic E-state index is 0.310. The van der Waals surface area contributed by atoms with Crippen LogP contribution in [0.4, 0.5) is 4.39 Å². The number of nitrogens with one attached hydrogen (secondary N) is 1. The van der Waals surface area contributed by atoms with Crippen LogP contribution in [-0.4, -0.2) is 4.98 Å². The standard InChI is InChI=1S/C12H7FN2O/c13-10-3-1-2-8(6-10)12-9(7-14)4-5-11(16)15-12/h1-6H,(H,15,16). The number of pyridine rings is 1. The molecule has 78 valence electrons. The number of aromatic amines is 1. The van der Waals surface area contributed by atoms with Crippen molar-refractivity contribution in [3.05, 3.63) is 58.1 Å². The molecule has 0 atom stereocenters. The van der Waals surface area contributed by atoms with E-state index in [9.17, 15) is 9.18 Å². The summed E-state index contributed by atoms with van der Waals surface area (Å²) in [6, 6.07) is 10.4. The van der Waals surface area contributed by atoms with Crippen LogP contribution < -0.4 is 5.56 Å². The summed E-state index contributed by atoms with van der Waals surface area (Å²) in [7, 11) is 0. The molecule has 0 unspecified atom stereocenters. The first-order chi connectivity index (χ1) is 7.70. The molecule has 0 saturated heterocycles. The summed E-state index contributed by atoms with van der Waals surface area (Å²) >= 11 is 0. The van der Waals surface area contributed by atoms with Gasteiger partial charge < -0.3 is 4.98 Å². The molecule has 0 amide bonds. The van der Waals surface area contributed by atoms with Gasteiger partial charge in [0, 0.05) is 11.6 Å². The SMILES string of the molecule is N#Cc1ccc(=O)[nH]c1-c1cccc(F)c1. The van der Waals surface area contributed by atoms with Crippen molar-refractivity contribution in [3.8, 4) is 17.3 Å². The largest absolute Gasteiger partial charge is 0.321 e. The maximum absolute atomic E-state index is 13.0. The predicted molar refractivity (Wildman–Crippen MR) is 57.2 cm³/mol. The number of hydrogen-bond donors (Lipinski definition) is 1. The molecule has 0 bridgehead atoms. The topological polar surface area (TPSA) is 56.6 Å². The maximum Gasteiger partial charge on any atom is 0.248 e. The average molecular weight is 214 g/mol. The van der Waals surface area contributed by atoms with E-state index in [1.54, 1.807) is 6.07 Å². The van der Waals surface area contributed by atoms with Gasteiger partial charge in [0.05, 0.1) is 11.3 Å². The molecule has 4 heteroatoms. The van der Waals surface area contributed by atoms with E-state index in [1.807, 2.05) is 6.07 Å². The fourth-order valence-corrected chi connectivity index (χ4v) is 1.44. The lowest BCUT2D eigenvalue weighted by Crippen LogP contribution is -2.06. The highest BCUT2D eigenvalue weighted by molar-refractivity contribution is 5.66. The number of rotatable bonds is 1. The maximum atomic E-state index is 13.0. The Hall–Kier alpha value is -2.41. The minimum Gasteiger partial charge on any atom is -0.321 e. The number of nitrogens with zero attached hydrogens (tertiary/aromatic N) is 1. The van der Waals surface area contributed by atoms with Crippen molar-refractivity contribution in [3.63, 3.8) is 0 Å². The van der Waals surface area contributed by atoms with Crippen LogP contribution in [0.5, 0.6) is 0 Å². The third-order valence-corrected chi connectivity index (χ3v) is 2.15. The van der Waals surface area contributed by atoms with Gasteiger partial charge in [-0.2, -0.15) is 5.26 Å². The molecule has 0 saturated carbocycles. The fourth-order valence-electron chi connectivity index (χ4n) is 1.44. The van der Waals surface area contributed by atoms with E-state index in [0.29, 0.717) is 16.8 Å². The Morgan fingerprint density at radius 1 is 1.25 bits per heavy atom. The van der Waals surface area contributed by atoms with E-state index in [0.717, 1.165) is 0 Å². The molecule has 1 aromatic heterocycles. The second kappa shape index (κ2) is 3.99. The zero-order valence-corrected chi connectivity index (χ0v) is 8.20.